The van der Waals surface area contributed by atoms with Gasteiger partial charge in [0.2, 0.25) is 5.95 Å². The van der Waals surface area contributed by atoms with Crippen molar-refractivity contribution < 1.29 is 17.6 Å². The molecule has 3 aromatic rings. The molecule has 0 radical (unpaired) electrons. The number of halogens is 4. The molecule has 5 N–H and O–H groups in total. The van der Waals surface area contributed by atoms with E-state index in [0.29, 0.717) is 22.5 Å². The first-order chi connectivity index (χ1) is 17.2. The van der Waals surface area contributed by atoms with Crippen LogP contribution in [0.15, 0.2) is 90.5 Å². The van der Waals surface area contributed by atoms with Crippen LogP contribution in [0, 0.1) is 5.82 Å². The highest BCUT2D eigenvalue weighted by Gasteiger charge is 2.30. The van der Waals surface area contributed by atoms with E-state index < -0.39 is 17.6 Å². The van der Waals surface area contributed by atoms with Crippen LogP contribution < -0.4 is 21.7 Å². The highest BCUT2D eigenvalue weighted by Crippen LogP contribution is 2.35. The van der Waals surface area contributed by atoms with Gasteiger partial charge in [-0.3, -0.25) is 4.99 Å². The minimum atomic E-state index is -4.48. The fraction of sp³-hybridized carbons (Fsp3) is 0.0800. The number of alkyl halides is 3. The van der Waals surface area contributed by atoms with Gasteiger partial charge in [-0.25, -0.2) is 9.37 Å². The Hall–Kier alpha value is -4.67. The Morgan fingerprint density at radius 1 is 1.08 bits per heavy atom. The van der Waals surface area contributed by atoms with Gasteiger partial charge < -0.3 is 21.7 Å². The summed E-state index contributed by atoms with van der Waals surface area (Å²) in [5, 5.41) is 8.58. The van der Waals surface area contributed by atoms with Crippen LogP contribution in [0.3, 0.4) is 0 Å². The number of anilines is 4. The van der Waals surface area contributed by atoms with E-state index >= 15 is 4.39 Å². The second-order valence-corrected chi connectivity index (χ2v) is 7.31. The van der Waals surface area contributed by atoms with E-state index in [1.54, 1.807) is 13.1 Å². The summed E-state index contributed by atoms with van der Waals surface area (Å²) in [6, 6.07) is 9.08. The van der Waals surface area contributed by atoms with E-state index in [-0.39, 0.29) is 23.1 Å². The molecular weight excluding hydrogens is 474 g/mol. The highest BCUT2D eigenvalue weighted by molar-refractivity contribution is 5.83. The van der Waals surface area contributed by atoms with Crippen LogP contribution in [0.5, 0.6) is 0 Å². The van der Waals surface area contributed by atoms with Crippen LogP contribution in [0.25, 0.3) is 11.1 Å². The van der Waals surface area contributed by atoms with Gasteiger partial charge in [0.1, 0.15) is 5.82 Å². The molecule has 36 heavy (non-hydrogen) atoms. The Bertz CT molecular complexity index is 1310. The van der Waals surface area contributed by atoms with E-state index in [1.165, 1.54) is 49.0 Å². The lowest BCUT2D eigenvalue weighted by atomic mass is 10.1. The maximum absolute atomic E-state index is 15.2. The van der Waals surface area contributed by atoms with Crippen molar-refractivity contribution in [3.8, 4) is 11.1 Å². The summed E-state index contributed by atoms with van der Waals surface area (Å²) in [4.78, 5) is 12.5. The summed E-state index contributed by atoms with van der Waals surface area (Å²) in [6.07, 6.45) is 1.06. The number of nitrogens with two attached hydrogens (primary N) is 1. The van der Waals surface area contributed by atoms with Crippen LogP contribution in [0.1, 0.15) is 5.56 Å². The average Bonchev–Trinajstić information content (AvgIpc) is 2.86. The molecule has 0 aliphatic carbocycles. The number of aromatic nitrogens is 2. The summed E-state index contributed by atoms with van der Waals surface area (Å²) >= 11 is 0. The third kappa shape index (κ3) is 6.26. The maximum Gasteiger partial charge on any atom is 0.416 e. The lowest BCUT2D eigenvalue weighted by molar-refractivity contribution is -0.137. The predicted octanol–water partition coefficient (Wildman–Crippen LogP) is 6.07. The number of hydrogen-bond acceptors (Lipinski definition) is 7. The molecule has 1 heterocycles. The third-order valence-corrected chi connectivity index (χ3v) is 4.81. The molecule has 0 saturated heterocycles. The average molecular weight is 498 g/mol. The zero-order valence-corrected chi connectivity index (χ0v) is 19.2. The monoisotopic (exact) mass is 497 g/mol. The van der Waals surface area contributed by atoms with Gasteiger partial charge in [0.25, 0.3) is 0 Å². The molecule has 0 aliphatic heterocycles. The van der Waals surface area contributed by atoms with Gasteiger partial charge in [0.15, 0.2) is 5.82 Å². The van der Waals surface area contributed by atoms with E-state index in [2.05, 4.69) is 44.1 Å². The van der Waals surface area contributed by atoms with Crippen molar-refractivity contribution in [2.75, 3.05) is 23.0 Å². The SMILES string of the molecule is C=CC(=C)Nc1cccc(Nc2nc(N/C(C=NC)=C/N)ncc2-c2ccc(C(F)(F)F)cc2)c1F. The van der Waals surface area contributed by atoms with E-state index in [9.17, 15) is 13.2 Å². The number of aliphatic imine (C=N–C) groups is 1. The second-order valence-electron chi connectivity index (χ2n) is 7.31. The zero-order valence-electron chi connectivity index (χ0n) is 19.2. The van der Waals surface area contributed by atoms with Gasteiger partial charge in [-0.1, -0.05) is 31.4 Å². The number of allylic oxidation sites excluding steroid dienone is 2. The standard InChI is InChI=1S/C25H23F4N7/c1-4-15(2)33-20-6-5-7-21(22(20)26)35-23-19(16-8-10-17(11-9-16)25(27,28)29)14-32-24(36-23)34-18(12-30)13-31-3/h4-14,33H,1-2,30H2,3H3,(H2,32,34,35,36)/b18-12+,31-13?. The van der Waals surface area contributed by atoms with Gasteiger partial charge in [-0.2, -0.15) is 18.2 Å². The molecular formula is C25H23F4N7. The van der Waals surface area contributed by atoms with Crippen LogP contribution in [-0.2, 0) is 6.18 Å². The van der Waals surface area contributed by atoms with Crippen molar-refractivity contribution in [3.63, 3.8) is 0 Å². The normalized spacial score (nSPS) is 11.9. The summed E-state index contributed by atoms with van der Waals surface area (Å²) in [5.74, 6) is -0.400. The summed E-state index contributed by atoms with van der Waals surface area (Å²) in [6.45, 7) is 7.29. The van der Waals surface area contributed by atoms with Crippen molar-refractivity contribution in [3.05, 3.63) is 96.9 Å². The molecule has 0 unspecified atom stereocenters. The first kappa shape index (κ1) is 25.9. The number of nitrogens with one attached hydrogen (secondary N) is 3. The topological polar surface area (TPSA) is 100 Å². The molecule has 0 bridgehead atoms. The van der Waals surface area contributed by atoms with Crippen LogP contribution in [0.2, 0.25) is 0 Å². The molecule has 0 amide bonds. The number of rotatable bonds is 9. The van der Waals surface area contributed by atoms with Crippen molar-refractivity contribution in [1.82, 2.24) is 9.97 Å². The van der Waals surface area contributed by atoms with Crippen LogP contribution in [-0.4, -0.2) is 23.2 Å². The summed E-state index contributed by atoms with van der Waals surface area (Å²) in [7, 11) is 1.55. The van der Waals surface area contributed by atoms with Gasteiger partial charge in [0, 0.05) is 36.9 Å². The molecule has 1 aromatic heterocycles. The molecule has 0 fully saturated rings. The van der Waals surface area contributed by atoms with Crippen molar-refractivity contribution in [2.45, 2.75) is 6.18 Å². The molecule has 2 aromatic carbocycles. The Balaban J connectivity index is 2.07. The van der Waals surface area contributed by atoms with Gasteiger partial charge >= 0.3 is 6.18 Å². The molecule has 7 nitrogen and oxygen atoms in total. The minimum absolute atomic E-state index is 0.0550. The molecule has 0 spiro atoms. The smallest absolute Gasteiger partial charge is 0.403 e. The van der Waals surface area contributed by atoms with E-state index in [4.69, 9.17) is 5.73 Å². The number of benzene rings is 2. The summed E-state index contributed by atoms with van der Waals surface area (Å²) < 4.78 is 54.3. The molecule has 0 atom stereocenters. The van der Waals surface area contributed by atoms with E-state index in [0.717, 1.165) is 12.1 Å². The largest absolute Gasteiger partial charge is 0.416 e. The van der Waals surface area contributed by atoms with Gasteiger partial charge in [-0.05, 0) is 35.9 Å². The molecule has 0 saturated carbocycles. The van der Waals surface area contributed by atoms with Crippen molar-refractivity contribution >= 4 is 29.4 Å². The van der Waals surface area contributed by atoms with Gasteiger partial charge in [0.05, 0.1) is 22.6 Å². The number of nitrogens with zero attached hydrogens (tertiary/aromatic N) is 3. The molecule has 0 aliphatic rings. The summed E-state index contributed by atoms with van der Waals surface area (Å²) in [5.41, 5.74) is 6.48. The number of hydrogen-bond donors (Lipinski definition) is 4. The fourth-order valence-corrected chi connectivity index (χ4v) is 3.05. The fourth-order valence-electron chi connectivity index (χ4n) is 3.05. The first-order valence-corrected chi connectivity index (χ1v) is 10.5. The highest BCUT2D eigenvalue weighted by atomic mass is 19.4. The molecule has 3 rings (SSSR count). The lowest BCUT2D eigenvalue weighted by Gasteiger charge is -2.16. The molecule has 11 heteroatoms. The Morgan fingerprint density at radius 2 is 1.78 bits per heavy atom. The van der Waals surface area contributed by atoms with Crippen molar-refractivity contribution in [2.24, 2.45) is 10.7 Å². The van der Waals surface area contributed by atoms with Gasteiger partial charge in [-0.15, -0.1) is 0 Å². The maximum atomic E-state index is 15.2. The Kier molecular flexibility index (Phi) is 8.05. The predicted molar refractivity (Wildman–Crippen MR) is 135 cm³/mol. The van der Waals surface area contributed by atoms with Crippen molar-refractivity contribution in [1.29, 1.82) is 0 Å². The van der Waals surface area contributed by atoms with Crippen LogP contribution >= 0.6 is 0 Å². The first-order valence-electron chi connectivity index (χ1n) is 10.5. The Morgan fingerprint density at radius 3 is 2.39 bits per heavy atom. The lowest BCUT2D eigenvalue weighted by Crippen LogP contribution is -2.09. The van der Waals surface area contributed by atoms with E-state index in [1.807, 2.05) is 0 Å². The molecule has 186 valence electrons. The Labute approximate surface area is 205 Å². The third-order valence-electron chi connectivity index (χ3n) is 4.81. The van der Waals surface area contributed by atoms with Crippen LogP contribution in [0.4, 0.5) is 40.7 Å². The second kappa shape index (κ2) is 11.2. The quantitative estimate of drug-likeness (QED) is 0.163. The minimum Gasteiger partial charge on any atom is -0.403 e. The zero-order chi connectivity index (χ0) is 26.3.